The minimum Gasteiger partial charge on any atom is -0.469 e. The average molecular weight is 353 g/mol. The minimum atomic E-state index is -0.128. The number of allylic oxidation sites excluding steroid dienone is 2. The fourth-order valence-electron chi connectivity index (χ4n) is 4.80. The van der Waals surface area contributed by atoms with Gasteiger partial charge in [-0.05, 0) is 49.0 Å². The van der Waals surface area contributed by atoms with Gasteiger partial charge in [0.1, 0.15) is 0 Å². The van der Waals surface area contributed by atoms with Gasteiger partial charge in [-0.2, -0.15) is 0 Å². The van der Waals surface area contributed by atoms with Crippen LogP contribution >= 0.6 is 0 Å². The average Bonchev–Trinajstić information content (AvgIpc) is 2.94. The maximum atomic E-state index is 12.2. The van der Waals surface area contributed by atoms with E-state index in [4.69, 9.17) is 4.74 Å². The second-order valence-corrected chi connectivity index (χ2v) is 7.12. The van der Waals surface area contributed by atoms with Crippen LogP contribution in [0.5, 0.6) is 0 Å². The molecule has 0 aromatic heterocycles. The Kier molecular flexibility index (Phi) is 11.7. The summed E-state index contributed by atoms with van der Waals surface area (Å²) in [5, 5.41) is 0. The highest BCUT2D eigenvalue weighted by Crippen LogP contribution is 2.50. The standard InChI is InChI=1S/C20H34O3.C2H6/c1-7-15(8-2)16(9-3)19-13(4)12-18(20(22)23-6)17(19)11-10-14(5)21;1-2/h10-11,13,15-19H,7-9,12H2,1-6H3;1-2H3/b11-10+;/t13-,16?,17-,18+,19-;/m1./s1. The van der Waals surface area contributed by atoms with Crippen LogP contribution in [0.1, 0.15) is 74.1 Å². The number of esters is 1. The molecule has 0 heterocycles. The molecule has 0 aromatic carbocycles. The number of hydrogen-bond donors (Lipinski definition) is 0. The molecule has 1 unspecified atom stereocenters. The topological polar surface area (TPSA) is 43.4 Å². The van der Waals surface area contributed by atoms with E-state index in [-0.39, 0.29) is 23.6 Å². The minimum absolute atomic E-state index is 0.0440. The summed E-state index contributed by atoms with van der Waals surface area (Å²) in [6.45, 7) is 14.6. The summed E-state index contributed by atoms with van der Waals surface area (Å²) in [7, 11) is 1.46. The molecule has 3 nitrogen and oxygen atoms in total. The molecular formula is C22H40O3. The first kappa shape index (κ1) is 23.9. The molecular weight excluding hydrogens is 312 g/mol. The molecule has 146 valence electrons. The van der Waals surface area contributed by atoms with Crippen molar-refractivity contribution >= 4 is 11.8 Å². The summed E-state index contributed by atoms with van der Waals surface area (Å²) in [6.07, 6.45) is 7.96. The lowest BCUT2D eigenvalue weighted by molar-refractivity contribution is -0.146. The second-order valence-electron chi connectivity index (χ2n) is 7.12. The highest BCUT2D eigenvalue weighted by Gasteiger charge is 2.47. The van der Waals surface area contributed by atoms with Crippen molar-refractivity contribution in [1.82, 2.24) is 0 Å². The van der Waals surface area contributed by atoms with Crippen molar-refractivity contribution in [1.29, 1.82) is 0 Å². The van der Waals surface area contributed by atoms with E-state index in [1.807, 2.05) is 19.9 Å². The third kappa shape index (κ3) is 6.27. The molecule has 0 aliphatic heterocycles. The Morgan fingerprint density at radius 2 is 1.68 bits per heavy atom. The summed E-state index contributed by atoms with van der Waals surface area (Å²) in [4.78, 5) is 23.7. The quantitative estimate of drug-likeness (QED) is 0.417. The van der Waals surface area contributed by atoms with Crippen molar-refractivity contribution in [2.24, 2.45) is 35.5 Å². The first-order valence-corrected chi connectivity index (χ1v) is 10.2. The zero-order chi connectivity index (χ0) is 19.6. The Morgan fingerprint density at radius 3 is 2.08 bits per heavy atom. The van der Waals surface area contributed by atoms with Crippen LogP contribution in [0.4, 0.5) is 0 Å². The summed E-state index contributed by atoms with van der Waals surface area (Å²) < 4.78 is 5.04. The maximum Gasteiger partial charge on any atom is 0.309 e. The van der Waals surface area contributed by atoms with E-state index in [2.05, 4.69) is 27.7 Å². The molecule has 25 heavy (non-hydrogen) atoms. The number of rotatable bonds is 8. The Bertz CT molecular complexity index is 423. The van der Waals surface area contributed by atoms with Gasteiger partial charge in [0.15, 0.2) is 5.78 Å². The fraction of sp³-hybridized carbons (Fsp3) is 0.818. The van der Waals surface area contributed by atoms with Gasteiger partial charge in [-0.25, -0.2) is 0 Å². The number of carbonyl (C=O) groups excluding carboxylic acids is 2. The molecule has 0 aromatic rings. The van der Waals surface area contributed by atoms with Gasteiger partial charge in [-0.1, -0.05) is 66.9 Å². The van der Waals surface area contributed by atoms with Crippen LogP contribution in [-0.4, -0.2) is 18.9 Å². The predicted molar refractivity (Wildman–Crippen MR) is 105 cm³/mol. The van der Waals surface area contributed by atoms with Crippen molar-refractivity contribution in [2.45, 2.75) is 74.1 Å². The van der Waals surface area contributed by atoms with Gasteiger partial charge in [-0.15, -0.1) is 0 Å². The summed E-state index contributed by atoms with van der Waals surface area (Å²) in [6, 6.07) is 0. The molecule has 0 N–H and O–H groups in total. The smallest absolute Gasteiger partial charge is 0.309 e. The Morgan fingerprint density at radius 1 is 1.12 bits per heavy atom. The molecule has 3 heteroatoms. The molecule has 1 fully saturated rings. The van der Waals surface area contributed by atoms with Gasteiger partial charge < -0.3 is 4.74 Å². The van der Waals surface area contributed by atoms with Crippen molar-refractivity contribution in [3.8, 4) is 0 Å². The van der Waals surface area contributed by atoms with Crippen LogP contribution in [0.15, 0.2) is 12.2 Å². The van der Waals surface area contributed by atoms with E-state index in [1.165, 1.54) is 20.0 Å². The second kappa shape index (κ2) is 12.3. The molecule has 1 saturated carbocycles. The fourth-order valence-corrected chi connectivity index (χ4v) is 4.80. The first-order chi connectivity index (χ1) is 11.9. The number of ether oxygens (including phenoxy) is 1. The normalized spacial score (nSPS) is 27.1. The summed E-state index contributed by atoms with van der Waals surface area (Å²) in [5.74, 6) is 2.12. The highest BCUT2D eigenvalue weighted by atomic mass is 16.5. The summed E-state index contributed by atoms with van der Waals surface area (Å²) in [5.41, 5.74) is 0. The lowest BCUT2D eigenvalue weighted by Crippen LogP contribution is -2.31. The SMILES string of the molecule is CC.CCC(CC)C(CC)[C@@H]1[C@H](/C=C/C(C)=O)[C@@H](C(=O)OC)C[C@H]1C. The van der Waals surface area contributed by atoms with Gasteiger partial charge in [0.2, 0.25) is 0 Å². The van der Waals surface area contributed by atoms with Gasteiger partial charge in [-0.3, -0.25) is 9.59 Å². The van der Waals surface area contributed by atoms with Crippen LogP contribution < -0.4 is 0 Å². The van der Waals surface area contributed by atoms with Crippen LogP contribution in [0, 0.1) is 35.5 Å². The molecule has 0 bridgehead atoms. The van der Waals surface area contributed by atoms with Gasteiger partial charge in [0, 0.05) is 0 Å². The lowest BCUT2D eigenvalue weighted by Gasteiger charge is -2.35. The number of hydrogen-bond acceptors (Lipinski definition) is 3. The van der Waals surface area contributed by atoms with E-state index < -0.39 is 0 Å². The van der Waals surface area contributed by atoms with Gasteiger partial charge in [0.25, 0.3) is 0 Å². The molecule has 5 atom stereocenters. The van der Waals surface area contributed by atoms with Crippen molar-refractivity contribution in [2.75, 3.05) is 7.11 Å². The van der Waals surface area contributed by atoms with Gasteiger partial charge >= 0.3 is 5.97 Å². The predicted octanol–water partition coefficient (Wildman–Crippen LogP) is 5.68. The van der Waals surface area contributed by atoms with Crippen molar-refractivity contribution < 1.29 is 14.3 Å². The Balaban J connectivity index is 0.00000277. The lowest BCUT2D eigenvalue weighted by atomic mass is 9.69. The molecule has 0 spiro atoms. The first-order valence-electron chi connectivity index (χ1n) is 10.2. The van der Waals surface area contributed by atoms with Crippen LogP contribution in [0.2, 0.25) is 0 Å². The van der Waals surface area contributed by atoms with Gasteiger partial charge in [0.05, 0.1) is 13.0 Å². The molecule has 0 saturated heterocycles. The Labute approximate surface area is 155 Å². The van der Waals surface area contributed by atoms with E-state index in [9.17, 15) is 9.59 Å². The number of methoxy groups -OCH3 is 1. The van der Waals surface area contributed by atoms with E-state index >= 15 is 0 Å². The zero-order valence-electron chi connectivity index (χ0n) is 17.7. The monoisotopic (exact) mass is 352 g/mol. The van der Waals surface area contributed by atoms with Crippen LogP contribution in [0.3, 0.4) is 0 Å². The summed E-state index contributed by atoms with van der Waals surface area (Å²) >= 11 is 0. The maximum absolute atomic E-state index is 12.2. The van der Waals surface area contributed by atoms with Crippen molar-refractivity contribution in [3.63, 3.8) is 0 Å². The molecule has 1 aliphatic rings. The third-order valence-electron chi connectivity index (χ3n) is 5.87. The number of ketones is 1. The molecule has 0 amide bonds. The molecule has 0 radical (unpaired) electrons. The largest absolute Gasteiger partial charge is 0.469 e. The highest BCUT2D eigenvalue weighted by molar-refractivity contribution is 5.87. The van der Waals surface area contributed by atoms with Crippen LogP contribution in [-0.2, 0) is 14.3 Å². The van der Waals surface area contributed by atoms with E-state index in [0.717, 1.165) is 12.8 Å². The zero-order valence-corrected chi connectivity index (χ0v) is 17.7. The van der Waals surface area contributed by atoms with E-state index in [0.29, 0.717) is 23.7 Å². The van der Waals surface area contributed by atoms with E-state index in [1.54, 1.807) is 13.0 Å². The van der Waals surface area contributed by atoms with Crippen LogP contribution in [0.25, 0.3) is 0 Å². The van der Waals surface area contributed by atoms with Crippen molar-refractivity contribution in [3.05, 3.63) is 12.2 Å². The Hall–Kier alpha value is -1.12. The molecule has 1 rings (SSSR count). The third-order valence-corrected chi connectivity index (χ3v) is 5.87. The molecule has 1 aliphatic carbocycles. The number of carbonyl (C=O) groups is 2.